The molecule has 0 aromatic heterocycles. The minimum atomic E-state index is -0.388. The van der Waals surface area contributed by atoms with E-state index in [1.807, 2.05) is 25.1 Å². The highest BCUT2D eigenvalue weighted by atomic mass is 16.3. The van der Waals surface area contributed by atoms with Crippen LogP contribution in [0.5, 0.6) is 0 Å². The van der Waals surface area contributed by atoms with Crippen molar-refractivity contribution in [1.29, 1.82) is 0 Å². The first-order valence-electron chi connectivity index (χ1n) is 3.88. The maximum atomic E-state index is 10.9. The molecule has 1 rings (SSSR count). The summed E-state index contributed by atoms with van der Waals surface area (Å²) in [5.74, 6) is -0.388. The Morgan fingerprint density at radius 2 is 2.31 bits per heavy atom. The zero-order valence-corrected chi connectivity index (χ0v) is 7.28. The Bertz CT molecular complexity index is 323. The first kappa shape index (κ1) is 9.38. The monoisotopic (exact) mass is 178 g/mol. The first-order valence-corrected chi connectivity index (χ1v) is 3.88. The fourth-order valence-electron chi connectivity index (χ4n) is 0.982. The number of nitrogens with one attached hydrogen (secondary N) is 1. The number of benzene rings is 1. The van der Waals surface area contributed by atoms with Gasteiger partial charge in [0.1, 0.15) is 0 Å². The molecule has 0 atom stereocenters. The molecule has 0 spiro atoms. The number of rotatable bonds is 3. The van der Waals surface area contributed by atoms with E-state index in [1.54, 1.807) is 6.07 Å². The van der Waals surface area contributed by atoms with Crippen LogP contribution in [0.25, 0.3) is 0 Å². The van der Waals surface area contributed by atoms with Gasteiger partial charge in [-0.1, -0.05) is 17.3 Å². The number of hydrogen-bond donors (Lipinski definition) is 1. The lowest BCUT2D eigenvalue weighted by Gasteiger charge is -2.02. The van der Waals surface area contributed by atoms with Crippen LogP contribution in [0.1, 0.15) is 5.56 Å². The van der Waals surface area contributed by atoms with Gasteiger partial charge >= 0.3 is 0 Å². The van der Waals surface area contributed by atoms with Gasteiger partial charge in [-0.15, -0.1) is 0 Å². The number of hydrogen-bond acceptors (Lipinski definition) is 3. The Morgan fingerprint density at radius 3 is 2.92 bits per heavy atom. The van der Waals surface area contributed by atoms with Gasteiger partial charge in [0.05, 0.1) is 0 Å². The largest absolute Gasteiger partial charge is 0.324 e. The Kier molecular flexibility index (Phi) is 3.14. The fraction of sp³-hybridized carbons (Fsp3) is 0.222. The molecule has 4 heteroatoms. The summed E-state index contributed by atoms with van der Waals surface area (Å²) in [5, 5.41) is 5.04. The van der Waals surface area contributed by atoms with Gasteiger partial charge in [0, 0.05) is 5.69 Å². The van der Waals surface area contributed by atoms with E-state index >= 15 is 0 Å². The number of carbonyl (C=O) groups excluding carboxylic acids is 1. The predicted molar refractivity (Wildman–Crippen MR) is 50.5 cm³/mol. The second-order valence-corrected chi connectivity index (χ2v) is 2.70. The van der Waals surface area contributed by atoms with Crippen LogP contribution in [0.4, 0.5) is 5.69 Å². The van der Waals surface area contributed by atoms with E-state index in [-0.39, 0.29) is 12.5 Å². The number of anilines is 1. The van der Waals surface area contributed by atoms with Crippen LogP contribution in [-0.2, 0) is 4.79 Å². The molecule has 0 aliphatic rings. The van der Waals surface area contributed by atoms with E-state index in [4.69, 9.17) is 0 Å². The molecule has 0 saturated carbocycles. The van der Waals surface area contributed by atoms with Crippen LogP contribution in [-0.4, -0.2) is 12.5 Å². The van der Waals surface area contributed by atoms with Crippen molar-refractivity contribution in [1.82, 2.24) is 0 Å². The minimum absolute atomic E-state index is 0.339. The standard InChI is InChI=1S/C9H10N2O2/c1-7-3-2-4-8(5-7)11-9(12)6-10-13/h2-5H,6H2,1H3,(H,11,12). The summed E-state index contributed by atoms with van der Waals surface area (Å²) >= 11 is 0. The lowest BCUT2D eigenvalue weighted by Crippen LogP contribution is -2.14. The molecular weight excluding hydrogens is 168 g/mol. The summed E-state index contributed by atoms with van der Waals surface area (Å²) in [6.07, 6.45) is 0. The van der Waals surface area contributed by atoms with Gasteiger partial charge in [0.15, 0.2) is 6.54 Å². The molecule has 0 unspecified atom stereocenters. The number of aryl methyl sites for hydroxylation is 1. The topological polar surface area (TPSA) is 58.5 Å². The predicted octanol–water partition coefficient (Wildman–Crippen LogP) is 1.70. The molecule has 0 radical (unpaired) electrons. The molecule has 0 saturated heterocycles. The third-order valence-electron chi connectivity index (χ3n) is 1.51. The Labute approximate surface area is 75.9 Å². The zero-order valence-electron chi connectivity index (χ0n) is 7.28. The highest BCUT2D eigenvalue weighted by molar-refractivity contribution is 5.92. The van der Waals surface area contributed by atoms with Crippen LogP contribution in [0.15, 0.2) is 29.4 Å². The van der Waals surface area contributed by atoms with Gasteiger partial charge in [-0.05, 0) is 24.6 Å². The van der Waals surface area contributed by atoms with Gasteiger partial charge < -0.3 is 5.32 Å². The highest BCUT2D eigenvalue weighted by Crippen LogP contribution is 2.08. The number of nitrogens with zero attached hydrogens (tertiary/aromatic N) is 1. The lowest BCUT2D eigenvalue weighted by atomic mass is 10.2. The average molecular weight is 178 g/mol. The van der Waals surface area contributed by atoms with Gasteiger partial charge in [-0.2, -0.15) is 4.91 Å². The van der Waals surface area contributed by atoms with Crippen LogP contribution < -0.4 is 5.32 Å². The fourth-order valence-corrected chi connectivity index (χ4v) is 0.982. The van der Waals surface area contributed by atoms with E-state index in [0.717, 1.165) is 5.56 Å². The van der Waals surface area contributed by atoms with Crippen LogP contribution >= 0.6 is 0 Å². The molecule has 1 aromatic rings. The second-order valence-electron chi connectivity index (χ2n) is 2.70. The second kappa shape index (κ2) is 4.35. The van der Waals surface area contributed by atoms with Gasteiger partial charge in [-0.25, -0.2) is 0 Å². The SMILES string of the molecule is Cc1cccc(NC(=O)CN=O)c1. The van der Waals surface area contributed by atoms with Crippen molar-refractivity contribution in [2.45, 2.75) is 6.92 Å². The Balaban J connectivity index is 2.63. The molecule has 13 heavy (non-hydrogen) atoms. The molecule has 0 bridgehead atoms. The smallest absolute Gasteiger partial charge is 0.249 e. The molecule has 0 fully saturated rings. The van der Waals surface area contributed by atoms with Crippen molar-refractivity contribution >= 4 is 11.6 Å². The molecule has 0 aliphatic carbocycles. The third-order valence-corrected chi connectivity index (χ3v) is 1.51. The Hall–Kier alpha value is -1.71. The van der Waals surface area contributed by atoms with Gasteiger partial charge in [0.25, 0.3) is 0 Å². The van der Waals surface area contributed by atoms with Gasteiger partial charge in [-0.3, -0.25) is 4.79 Å². The molecular formula is C9H10N2O2. The summed E-state index contributed by atoms with van der Waals surface area (Å²) in [4.78, 5) is 20.7. The van der Waals surface area contributed by atoms with E-state index in [0.29, 0.717) is 5.69 Å². The number of amides is 1. The molecule has 0 heterocycles. The van der Waals surface area contributed by atoms with Crippen LogP contribution in [0.3, 0.4) is 0 Å². The number of nitroso groups, excluding NO2 is 1. The Morgan fingerprint density at radius 1 is 1.54 bits per heavy atom. The van der Waals surface area contributed by atoms with Crippen LogP contribution in [0.2, 0.25) is 0 Å². The lowest BCUT2D eigenvalue weighted by molar-refractivity contribution is -0.114. The van der Waals surface area contributed by atoms with E-state index in [9.17, 15) is 9.70 Å². The van der Waals surface area contributed by atoms with E-state index in [2.05, 4.69) is 10.5 Å². The van der Waals surface area contributed by atoms with Crippen molar-refractivity contribution < 1.29 is 4.79 Å². The highest BCUT2D eigenvalue weighted by Gasteiger charge is 2.00. The maximum absolute atomic E-state index is 10.9. The molecule has 1 N–H and O–H groups in total. The van der Waals surface area contributed by atoms with E-state index < -0.39 is 0 Å². The normalized spacial score (nSPS) is 9.31. The van der Waals surface area contributed by atoms with Crippen molar-refractivity contribution in [2.75, 3.05) is 11.9 Å². The summed E-state index contributed by atoms with van der Waals surface area (Å²) in [5.41, 5.74) is 1.74. The molecule has 4 nitrogen and oxygen atoms in total. The summed E-state index contributed by atoms with van der Waals surface area (Å²) in [6.45, 7) is 1.58. The van der Waals surface area contributed by atoms with Crippen molar-refractivity contribution in [3.05, 3.63) is 34.7 Å². The maximum Gasteiger partial charge on any atom is 0.249 e. The number of carbonyl (C=O) groups is 1. The third kappa shape index (κ3) is 3.02. The quantitative estimate of drug-likeness (QED) is 0.716. The molecule has 1 amide bonds. The van der Waals surface area contributed by atoms with Crippen molar-refractivity contribution in [2.24, 2.45) is 5.18 Å². The minimum Gasteiger partial charge on any atom is -0.324 e. The summed E-state index contributed by atoms with van der Waals surface area (Å²) < 4.78 is 0. The molecule has 0 aliphatic heterocycles. The summed E-state index contributed by atoms with van der Waals surface area (Å²) in [6, 6.07) is 7.34. The van der Waals surface area contributed by atoms with E-state index in [1.165, 1.54) is 0 Å². The van der Waals surface area contributed by atoms with Gasteiger partial charge in [0.2, 0.25) is 5.91 Å². The average Bonchev–Trinajstić information content (AvgIpc) is 2.04. The first-order chi connectivity index (χ1) is 6.22. The van der Waals surface area contributed by atoms with Crippen molar-refractivity contribution in [3.8, 4) is 0 Å². The van der Waals surface area contributed by atoms with Crippen molar-refractivity contribution in [3.63, 3.8) is 0 Å². The molecule has 68 valence electrons. The molecule has 1 aromatic carbocycles. The summed E-state index contributed by atoms with van der Waals surface area (Å²) in [7, 11) is 0. The van der Waals surface area contributed by atoms with Crippen LogP contribution in [0, 0.1) is 11.8 Å². The zero-order chi connectivity index (χ0) is 9.68.